The van der Waals surface area contributed by atoms with Crippen LogP contribution in [0.2, 0.25) is 0 Å². The van der Waals surface area contributed by atoms with Crippen LogP contribution in [0.4, 0.5) is 11.4 Å². The summed E-state index contributed by atoms with van der Waals surface area (Å²) >= 11 is 1.38. The predicted octanol–water partition coefficient (Wildman–Crippen LogP) is 5.78. The molecule has 36 heavy (non-hydrogen) atoms. The van der Waals surface area contributed by atoms with Crippen molar-refractivity contribution >= 4 is 49.8 Å². The van der Waals surface area contributed by atoms with Crippen molar-refractivity contribution < 1.29 is 22.7 Å². The van der Waals surface area contributed by atoms with Gasteiger partial charge < -0.3 is 14.8 Å². The minimum Gasteiger partial charge on any atom is -0.493 e. The summed E-state index contributed by atoms with van der Waals surface area (Å²) in [5, 5.41) is 4.19. The number of carbonyl (C=O) groups is 1. The van der Waals surface area contributed by atoms with Crippen LogP contribution in [0.25, 0.3) is 10.8 Å². The Balaban J connectivity index is 1.42. The van der Waals surface area contributed by atoms with Crippen LogP contribution in [0.5, 0.6) is 11.5 Å². The van der Waals surface area contributed by atoms with E-state index >= 15 is 0 Å². The number of ether oxygens (including phenoxy) is 2. The first-order valence-electron chi connectivity index (χ1n) is 11.1. The molecule has 0 aliphatic rings. The molecule has 4 aromatic rings. The highest BCUT2D eigenvalue weighted by Gasteiger charge is 2.18. The minimum atomic E-state index is -3.81. The average Bonchev–Trinajstić information content (AvgIpc) is 2.89. The van der Waals surface area contributed by atoms with Gasteiger partial charge in [-0.05, 0) is 60.8 Å². The van der Waals surface area contributed by atoms with E-state index in [1.54, 1.807) is 51.5 Å². The maximum absolute atomic E-state index is 13.0. The largest absolute Gasteiger partial charge is 0.493 e. The first-order valence-corrected chi connectivity index (χ1v) is 13.5. The number of thioether (sulfide) groups is 1. The highest BCUT2D eigenvalue weighted by atomic mass is 32.2. The molecule has 0 spiro atoms. The van der Waals surface area contributed by atoms with Gasteiger partial charge in [-0.3, -0.25) is 9.52 Å². The summed E-state index contributed by atoms with van der Waals surface area (Å²) in [6.45, 7) is 1.80. The van der Waals surface area contributed by atoms with Crippen molar-refractivity contribution in [3.8, 4) is 11.5 Å². The SMILES string of the molecule is COc1ccc(S[C@H](C)C(=O)Nc2ccc(S(=O)(=O)Nc3cccc4ccccc34)cc2)cc1OC. The molecular formula is C27H26N2O5S2. The Kier molecular flexibility index (Phi) is 7.71. The first kappa shape index (κ1) is 25.4. The van der Waals surface area contributed by atoms with E-state index in [0.29, 0.717) is 22.9 Å². The molecule has 4 aromatic carbocycles. The molecule has 4 rings (SSSR count). The Hall–Kier alpha value is -3.69. The molecule has 0 aliphatic heterocycles. The van der Waals surface area contributed by atoms with Crippen LogP contribution in [0.3, 0.4) is 0 Å². The second-order valence-electron chi connectivity index (χ2n) is 7.92. The van der Waals surface area contributed by atoms with Crippen LogP contribution < -0.4 is 19.5 Å². The number of hydrogen-bond acceptors (Lipinski definition) is 6. The topological polar surface area (TPSA) is 93.7 Å². The van der Waals surface area contributed by atoms with Crippen molar-refractivity contribution in [2.45, 2.75) is 22.0 Å². The quantitative estimate of drug-likeness (QED) is 0.271. The molecule has 186 valence electrons. The zero-order valence-corrected chi connectivity index (χ0v) is 21.7. The van der Waals surface area contributed by atoms with E-state index in [1.165, 1.54) is 23.9 Å². The second-order valence-corrected chi connectivity index (χ2v) is 11.0. The van der Waals surface area contributed by atoms with Gasteiger partial charge >= 0.3 is 0 Å². The van der Waals surface area contributed by atoms with Gasteiger partial charge in [0.25, 0.3) is 10.0 Å². The standard InChI is InChI=1S/C27H26N2O5S2/c1-18(35-21-13-16-25(33-2)26(17-21)34-3)27(30)28-20-11-14-22(15-12-20)36(31,32)29-24-10-6-8-19-7-4-5-9-23(19)24/h4-18,29H,1-3H3,(H,28,30)/t18-/m1/s1. The van der Waals surface area contributed by atoms with Crippen molar-refractivity contribution in [3.63, 3.8) is 0 Å². The van der Waals surface area contributed by atoms with Gasteiger partial charge in [0.15, 0.2) is 11.5 Å². The Morgan fingerprint density at radius 3 is 2.28 bits per heavy atom. The summed E-state index contributed by atoms with van der Waals surface area (Å²) in [6, 6.07) is 24.6. The molecule has 0 unspecified atom stereocenters. The van der Waals surface area contributed by atoms with Crippen molar-refractivity contribution in [2.75, 3.05) is 24.3 Å². The third-order valence-electron chi connectivity index (χ3n) is 5.50. The lowest BCUT2D eigenvalue weighted by Crippen LogP contribution is -2.22. The maximum atomic E-state index is 13.0. The summed E-state index contributed by atoms with van der Waals surface area (Å²) in [5.41, 5.74) is 1.01. The third kappa shape index (κ3) is 5.75. The normalized spacial score (nSPS) is 12.1. The Morgan fingerprint density at radius 2 is 1.56 bits per heavy atom. The Labute approximate surface area is 214 Å². The number of methoxy groups -OCH3 is 2. The summed E-state index contributed by atoms with van der Waals surface area (Å²) in [4.78, 5) is 13.7. The molecule has 9 heteroatoms. The highest BCUT2D eigenvalue weighted by Crippen LogP contribution is 2.34. The molecule has 0 radical (unpaired) electrons. The van der Waals surface area contributed by atoms with E-state index in [9.17, 15) is 13.2 Å². The van der Waals surface area contributed by atoms with Gasteiger partial charge in [0, 0.05) is 16.0 Å². The molecule has 0 heterocycles. The number of hydrogen-bond donors (Lipinski definition) is 2. The first-order chi connectivity index (χ1) is 17.3. The number of benzene rings is 4. The monoisotopic (exact) mass is 522 g/mol. The molecule has 0 bridgehead atoms. The molecular weight excluding hydrogens is 496 g/mol. The number of rotatable bonds is 9. The van der Waals surface area contributed by atoms with Crippen LogP contribution >= 0.6 is 11.8 Å². The van der Waals surface area contributed by atoms with Gasteiger partial charge in [-0.15, -0.1) is 11.8 Å². The van der Waals surface area contributed by atoms with E-state index in [0.717, 1.165) is 15.7 Å². The smallest absolute Gasteiger partial charge is 0.261 e. The summed E-state index contributed by atoms with van der Waals surface area (Å²) in [6.07, 6.45) is 0. The van der Waals surface area contributed by atoms with E-state index < -0.39 is 15.3 Å². The fourth-order valence-corrected chi connectivity index (χ4v) is 5.60. The number of amides is 1. The van der Waals surface area contributed by atoms with Gasteiger partial charge in [-0.25, -0.2) is 8.42 Å². The summed E-state index contributed by atoms with van der Waals surface area (Å²) < 4.78 is 39.2. The van der Waals surface area contributed by atoms with Crippen molar-refractivity contribution in [3.05, 3.63) is 84.9 Å². The number of carbonyl (C=O) groups excluding carboxylic acids is 1. The van der Waals surface area contributed by atoms with E-state index in [1.807, 2.05) is 42.5 Å². The van der Waals surface area contributed by atoms with Gasteiger partial charge in [0.1, 0.15) is 0 Å². The molecule has 1 atom stereocenters. The Morgan fingerprint density at radius 1 is 0.861 bits per heavy atom. The number of anilines is 2. The molecule has 0 fully saturated rings. The van der Waals surface area contributed by atoms with Crippen LogP contribution in [0, 0.1) is 0 Å². The van der Waals surface area contributed by atoms with Crippen LogP contribution in [0.1, 0.15) is 6.92 Å². The number of sulfonamides is 1. The predicted molar refractivity (Wildman–Crippen MR) is 145 cm³/mol. The Bertz CT molecular complexity index is 1480. The van der Waals surface area contributed by atoms with Crippen LogP contribution in [-0.2, 0) is 14.8 Å². The summed E-state index contributed by atoms with van der Waals surface area (Å²) in [7, 11) is -0.683. The molecule has 0 saturated heterocycles. The van der Waals surface area contributed by atoms with E-state index in [4.69, 9.17) is 9.47 Å². The molecule has 1 amide bonds. The van der Waals surface area contributed by atoms with Crippen molar-refractivity contribution in [1.82, 2.24) is 0 Å². The highest BCUT2D eigenvalue weighted by molar-refractivity contribution is 8.00. The number of nitrogens with one attached hydrogen (secondary N) is 2. The molecule has 2 N–H and O–H groups in total. The van der Waals surface area contributed by atoms with Crippen LogP contribution in [-0.4, -0.2) is 33.8 Å². The summed E-state index contributed by atoms with van der Waals surface area (Å²) in [5.74, 6) is 0.993. The van der Waals surface area contributed by atoms with E-state index in [2.05, 4.69) is 10.0 Å². The molecule has 0 aromatic heterocycles. The van der Waals surface area contributed by atoms with Gasteiger partial charge in [0.05, 0.1) is 30.1 Å². The maximum Gasteiger partial charge on any atom is 0.261 e. The van der Waals surface area contributed by atoms with Gasteiger partial charge in [-0.2, -0.15) is 0 Å². The minimum absolute atomic E-state index is 0.0983. The molecule has 7 nitrogen and oxygen atoms in total. The fraction of sp³-hybridized carbons (Fsp3) is 0.148. The fourth-order valence-electron chi connectivity index (χ4n) is 3.63. The number of fused-ring (bicyclic) bond motifs is 1. The third-order valence-corrected chi connectivity index (χ3v) is 7.98. The van der Waals surface area contributed by atoms with Crippen LogP contribution in [0.15, 0.2) is 94.7 Å². The van der Waals surface area contributed by atoms with E-state index in [-0.39, 0.29) is 10.8 Å². The molecule has 0 saturated carbocycles. The lowest BCUT2D eigenvalue weighted by Gasteiger charge is -2.14. The lowest BCUT2D eigenvalue weighted by molar-refractivity contribution is -0.115. The average molecular weight is 523 g/mol. The molecule has 0 aliphatic carbocycles. The van der Waals surface area contributed by atoms with Gasteiger partial charge in [-0.1, -0.05) is 36.4 Å². The lowest BCUT2D eigenvalue weighted by atomic mass is 10.1. The zero-order valence-electron chi connectivity index (χ0n) is 20.0. The van der Waals surface area contributed by atoms with Crippen molar-refractivity contribution in [1.29, 1.82) is 0 Å². The second kappa shape index (κ2) is 10.9. The van der Waals surface area contributed by atoms with Crippen molar-refractivity contribution in [2.24, 2.45) is 0 Å². The van der Waals surface area contributed by atoms with Gasteiger partial charge in [0.2, 0.25) is 5.91 Å². The zero-order chi connectivity index (χ0) is 25.7.